The average Bonchev–Trinajstić information content (AvgIpc) is 2.56. The normalized spacial score (nSPS) is 14.3. The van der Waals surface area contributed by atoms with Crippen LogP contribution >= 0.6 is 15.9 Å². The molecule has 4 nitrogen and oxygen atoms in total. The molecule has 0 spiro atoms. The maximum Gasteiger partial charge on any atom is 0.341 e. The Morgan fingerprint density at radius 2 is 2.13 bits per heavy atom. The van der Waals surface area contributed by atoms with Crippen molar-refractivity contribution in [1.82, 2.24) is 9.88 Å². The second-order valence-electron chi connectivity index (χ2n) is 5.59. The van der Waals surface area contributed by atoms with Crippen LogP contribution in [0, 0.1) is 0 Å². The number of carbonyl (C=O) groups excluding carboxylic acids is 1. The molecule has 5 heteroatoms. The zero-order valence-electron chi connectivity index (χ0n) is 13.1. The lowest BCUT2D eigenvalue weighted by Crippen LogP contribution is -2.31. The third-order valence-electron chi connectivity index (χ3n) is 4.03. The fourth-order valence-corrected chi connectivity index (χ4v) is 3.46. The number of hydrogen-bond acceptors (Lipinski definition) is 4. The van der Waals surface area contributed by atoms with Gasteiger partial charge in [-0.25, -0.2) is 9.78 Å². The van der Waals surface area contributed by atoms with Crippen LogP contribution in [-0.4, -0.2) is 29.0 Å². The Balaban J connectivity index is 1.82. The first-order valence-corrected chi connectivity index (χ1v) is 8.58. The van der Waals surface area contributed by atoms with E-state index in [0.717, 1.165) is 37.2 Å². The summed E-state index contributed by atoms with van der Waals surface area (Å²) in [6.45, 7) is 4.82. The molecular formula is C18H19BrN2O2. The van der Waals surface area contributed by atoms with Crippen molar-refractivity contribution < 1.29 is 9.53 Å². The molecule has 0 amide bonds. The van der Waals surface area contributed by atoms with E-state index in [1.165, 1.54) is 5.56 Å². The van der Waals surface area contributed by atoms with E-state index in [4.69, 9.17) is 4.74 Å². The lowest BCUT2D eigenvalue weighted by molar-refractivity contribution is 0.0522. The van der Waals surface area contributed by atoms with Crippen molar-refractivity contribution in [1.29, 1.82) is 0 Å². The van der Waals surface area contributed by atoms with Crippen LogP contribution in [0.5, 0.6) is 0 Å². The van der Waals surface area contributed by atoms with Gasteiger partial charge >= 0.3 is 5.97 Å². The summed E-state index contributed by atoms with van der Waals surface area (Å²) in [7, 11) is 0. The van der Waals surface area contributed by atoms with Crippen LogP contribution < -0.4 is 0 Å². The number of rotatable bonds is 4. The highest BCUT2D eigenvalue weighted by Gasteiger charge is 2.25. The van der Waals surface area contributed by atoms with Gasteiger partial charge in [-0.15, -0.1) is 0 Å². The van der Waals surface area contributed by atoms with E-state index >= 15 is 0 Å². The molecule has 0 atom stereocenters. The molecule has 0 N–H and O–H groups in total. The molecule has 0 fully saturated rings. The van der Waals surface area contributed by atoms with Gasteiger partial charge in [0.05, 0.1) is 12.2 Å². The third-order valence-corrected chi connectivity index (χ3v) is 4.63. The monoisotopic (exact) mass is 374 g/mol. The van der Waals surface area contributed by atoms with Crippen molar-refractivity contribution in [3.63, 3.8) is 0 Å². The fourth-order valence-electron chi connectivity index (χ4n) is 2.96. The lowest BCUT2D eigenvalue weighted by Gasteiger charge is -2.29. The van der Waals surface area contributed by atoms with Crippen molar-refractivity contribution in [3.8, 4) is 0 Å². The largest absolute Gasteiger partial charge is 0.462 e. The number of aromatic nitrogens is 1. The molecule has 0 saturated carbocycles. The molecule has 1 aliphatic heterocycles. The summed E-state index contributed by atoms with van der Waals surface area (Å²) in [4.78, 5) is 18.9. The maximum atomic E-state index is 12.2. The van der Waals surface area contributed by atoms with Crippen molar-refractivity contribution in [2.24, 2.45) is 0 Å². The second kappa shape index (κ2) is 7.23. The van der Waals surface area contributed by atoms with Crippen LogP contribution in [0.15, 0.2) is 41.1 Å². The Bertz CT molecular complexity index is 704. The van der Waals surface area contributed by atoms with Crippen molar-refractivity contribution >= 4 is 21.9 Å². The van der Waals surface area contributed by atoms with Gasteiger partial charge in [-0.1, -0.05) is 30.3 Å². The predicted octanol–water partition coefficient (Wildman–Crippen LogP) is 3.58. The molecule has 0 bridgehead atoms. The lowest BCUT2D eigenvalue weighted by atomic mass is 9.97. The first-order chi connectivity index (χ1) is 11.2. The SMILES string of the molecule is CCOC(=O)c1c(Br)ncc2c1CCN(Cc1ccccc1)C2. The van der Waals surface area contributed by atoms with Crippen molar-refractivity contribution in [3.05, 3.63) is 63.4 Å². The first kappa shape index (κ1) is 16.1. The molecule has 0 unspecified atom stereocenters. The standard InChI is InChI=1S/C18H19BrN2O2/c1-2-23-18(22)16-15-8-9-21(11-13-6-4-3-5-7-13)12-14(15)10-20-17(16)19/h3-7,10H,2,8-9,11-12H2,1H3. The summed E-state index contributed by atoms with van der Waals surface area (Å²) in [5.41, 5.74) is 4.06. The van der Waals surface area contributed by atoms with Crippen LogP contribution in [0.2, 0.25) is 0 Å². The molecular weight excluding hydrogens is 356 g/mol. The van der Waals surface area contributed by atoms with Gasteiger partial charge in [-0.2, -0.15) is 0 Å². The molecule has 0 radical (unpaired) electrons. The summed E-state index contributed by atoms with van der Waals surface area (Å²) >= 11 is 3.39. The van der Waals surface area contributed by atoms with Gasteiger partial charge < -0.3 is 4.74 Å². The van der Waals surface area contributed by atoms with Gasteiger partial charge in [0.2, 0.25) is 0 Å². The minimum Gasteiger partial charge on any atom is -0.462 e. The summed E-state index contributed by atoms with van der Waals surface area (Å²) in [5, 5.41) is 0. The minimum absolute atomic E-state index is 0.291. The molecule has 120 valence electrons. The van der Waals surface area contributed by atoms with Crippen LogP contribution in [0.3, 0.4) is 0 Å². The van der Waals surface area contributed by atoms with Crippen LogP contribution in [0.25, 0.3) is 0 Å². The maximum absolute atomic E-state index is 12.2. The van der Waals surface area contributed by atoms with E-state index in [1.807, 2.05) is 19.2 Å². The molecule has 23 heavy (non-hydrogen) atoms. The summed E-state index contributed by atoms with van der Waals surface area (Å²) in [6, 6.07) is 10.4. The Kier molecular flexibility index (Phi) is 5.08. The summed E-state index contributed by atoms with van der Waals surface area (Å²) in [5.74, 6) is -0.291. The number of hydrogen-bond donors (Lipinski definition) is 0. The van der Waals surface area contributed by atoms with Gasteiger partial charge in [0.15, 0.2) is 0 Å². The van der Waals surface area contributed by atoms with Crippen molar-refractivity contribution in [2.75, 3.05) is 13.2 Å². The zero-order valence-corrected chi connectivity index (χ0v) is 14.7. The van der Waals surface area contributed by atoms with Gasteiger partial charge in [-0.3, -0.25) is 4.90 Å². The molecule has 1 aromatic carbocycles. The van der Waals surface area contributed by atoms with E-state index in [-0.39, 0.29) is 5.97 Å². The Labute approximate surface area is 144 Å². The van der Waals surface area contributed by atoms with E-state index in [0.29, 0.717) is 16.8 Å². The van der Waals surface area contributed by atoms with E-state index in [1.54, 1.807) is 0 Å². The van der Waals surface area contributed by atoms with Crippen LogP contribution in [-0.2, 0) is 24.2 Å². The molecule has 2 aromatic rings. The third kappa shape index (κ3) is 3.62. The molecule has 2 heterocycles. The molecule has 1 aromatic heterocycles. The first-order valence-electron chi connectivity index (χ1n) is 7.78. The topological polar surface area (TPSA) is 42.4 Å². The molecule has 0 aliphatic carbocycles. The fraction of sp³-hybridized carbons (Fsp3) is 0.333. The number of fused-ring (bicyclic) bond motifs is 1. The van der Waals surface area contributed by atoms with E-state index < -0.39 is 0 Å². The number of carbonyl (C=O) groups is 1. The average molecular weight is 375 g/mol. The number of nitrogens with zero attached hydrogens (tertiary/aromatic N) is 2. The number of halogens is 1. The second-order valence-corrected chi connectivity index (χ2v) is 6.35. The quantitative estimate of drug-likeness (QED) is 0.605. The molecule has 1 aliphatic rings. The Morgan fingerprint density at radius 3 is 2.87 bits per heavy atom. The number of esters is 1. The van der Waals surface area contributed by atoms with Gasteiger partial charge in [0.1, 0.15) is 4.60 Å². The highest BCUT2D eigenvalue weighted by atomic mass is 79.9. The van der Waals surface area contributed by atoms with Gasteiger partial charge in [0, 0.05) is 25.8 Å². The predicted molar refractivity (Wildman–Crippen MR) is 92.2 cm³/mol. The van der Waals surface area contributed by atoms with Gasteiger partial charge in [0.25, 0.3) is 0 Å². The minimum atomic E-state index is -0.291. The van der Waals surface area contributed by atoms with E-state index in [9.17, 15) is 4.79 Å². The summed E-state index contributed by atoms with van der Waals surface area (Å²) < 4.78 is 5.75. The highest BCUT2D eigenvalue weighted by Crippen LogP contribution is 2.28. The van der Waals surface area contributed by atoms with Gasteiger partial charge in [-0.05, 0) is 46.0 Å². The smallest absolute Gasteiger partial charge is 0.341 e. The number of benzene rings is 1. The zero-order chi connectivity index (χ0) is 16.2. The molecule has 0 saturated heterocycles. The van der Waals surface area contributed by atoms with E-state index in [2.05, 4.69) is 50.1 Å². The molecule has 3 rings (SSSR count). The van der Waals surface area contributed by atoms with Crippen LogP contribution in [0.1, 0.15) is 34.0 Å². The Hall–Kier alpha value is -1.72. The van der Waals surface area contributed by atoms with Crippen LogP contribution in [0.4, 0.5) is 0 Å². The number of pyridine rings is 1. The number of ether oxygens (including phenoxy) is 1. The van der Waals surface area contributed by atoms with Crippen molar-refractivity contribution in [2.45, 2.75) is 26.4 Å². The highest BCUT2D eigenvalue weighted by molar-refractivity contribution is 9.10. The Morgan fingerprint density at radius 1 is 1.35 bits per heavy atom. The summed E-state index contributed by atoms with van der Waals surface area (Å²) in [6.07, 6.45) is 2.69.